The van der Waals surface area contributed by atoms with Crippen LogP contribution < -0.4 is 16.6 Å². The quantitative estimate of drug-likeness (QED) is 0.396. The van der Waals surface area contributed by atoms with Crippen LogP contribution in [-0.2, 0) is 0 Å². The number of nitrogens with one attached hydrogen (secondary N) is 2. The Kier molecular flexibility index (Phi) is 3.88. The molecule has 1 heterocycles. The van der Waals surface area contributed by atoms with E-state index in [1.54, 1.807) is 0 Å². The first-order valence-electron chi connectivity index (χ1n) is 5.92. The molecule has 1 saturated carbocycles. The molecule has 0 atom stereocenters. The lowest BCUT2D eigenvalue weighted by atomic mass is 9.83. The number of anilines is 2. The van der Waals surface area contributed by atoms with Gasteiger partial charge in [-0.05, 0) is 12.3 Å². The Morgan fingerprint density at radius 2 is 2.33 bits per heavy atom. The molecule has 0 spiro atoms. The average Bonchev–Trinajstić information content (AvgIpc) is 2.31. The van der Waals surface area contributed by atoms with Crippen molar-refractivity contribution in [2.45, 2.75) is 25.7 Å². The second-order valence-corrected chi connectivity index (χ2v) is 4.34. The summed E-state index contributed by atoms with van der Waals surface area (Å²) in [4.78, 5) is 18.0. The van der Waals surface area contributed by atoms with Gasteiger partial charge in [0.05, 0.1) is 4.92 Å². The average molecular weight is 252 g/mol. The van der Waals surface area contributed by atoms with Crippen molar-refractivity contribution >= 4 is 17.5 Å². The maximum absolute atomic E-state index is 10.8. The van der Waals surface area contributed by atoms with Crippen molar-refractivity contribution in [2.24, 2.45) is 11.8 Å². The molecule has 0 amide bonds. The number of nitrogens with zero attached hydrogens (tertiary/aromatic N) is 3. The van der Waals surface area contributed by atoms with E-state index < -0.39 is 4.92 Å². The second kappa shape index (κ2) is 5.58. The molecule has 2 rings (SSSR count). The minimum Gasteiger partial charge on any atom is -0.364 e. The highest BCUT2D eigenvalue weighted by atomic mass is 16.6. The summed E-state index contributed by atoms with van der Waals surface area (Å²) in [7, 11) is 0. The van der Waals surface area contributed by atoms with Gasteiger partial charge in [0.15, 0.2) is 0 Å². The van der Waals surface area contributed by atoms with Crippen LogP contribution in [0, 0.1) is 16.0 Å². The zero-order valence-corrected chi connectivity index (χ0v) is 9.93. The van der Waals surface area contributed by atoms with E-state index in [0.717, 1.165) is 18.5 Å². The molecular weight excluding hydrogens is 236 g/mol. The van der Waals surface area contributed by atoms with Gasteiger partial charge in [-0.15, -0.1) is 0 Å². The third kappa shape index (κ3) is 2.83. The highest BCUT2D eigenvalue weighted by Crippen LogP contribution is 2.29. The molecule has 1 aromatic heterocycles. The third-order valence-electron chi connectivity index (χ3n) is 3.17. The molecular formula is C10H16N6O2. The molecule has 8 nitrogen and oxygen atoms in total. The maximum Gasteiger partial charge on any atom is 0.329 e. The molecule has 4 N–H and O–H groups in total. The SMILES string of the molecule is NNc1ncc([N+](=O)[O-])c(NCCC2CCC2)n1. The molecule has 0 unspecified atom stereocenters. The van der Waals surface area contributed by atoms with Crippen molar-refractivity contribution in [1.29, 1.82) is 0 Å². The number of hydrogen-bond acceptors (Lipinski definition) is 7. The molecule has 1 aliphatic rings. The topological polar surface area (TPSA) is 119 Å². The minimum atomic E-state index is -0.508. The van der Waals surface area contributed by atoms with Crippen LogP contribution in [-0.4, -0.2) is 21.4 Å². The monoisotopic (exact) mass is 252 g/mol. The molecule has 0 saturated heterocycles. The minimum absolute atomic E-state index is 0.136. The molecule has 0 aromatic carbocycles. The van der Waals surface area contributed by atoms with E-state index in [1.807, 2.05) is 0 Å². The molecule has 1 aromatic rings. The van der Waals surface area contributed by atoms with E-state index in [-0.39, 0.29) is 17.5 Å². The van der Waals surface area contributed by atoms with Crippen molar-refractivity contribution in [2.75, 3.05) is 17.3 Å². The zero-order chi connectivity index (χ0) is 13.0. The van der Waals surface area contributed by atoms with Gasteiger partial charge in [0.25, 0.3) is 0 Å². The number of aromatic nitrogens is 2. The van der Waals surface area contributed by atoms with E-state index in [0.29, 0.717) is 6.54 Å². The van der Waals surface area contributed by atoms with Crippen LogP contribution >= 0.6 is 0 Å². The molecule has 18 heavy (non-hydrogen) atoms. The predicted octanol–water partition coefficient (Wildman–Crippen LogP) is 1.27. The third-order valence-corrected chi connectivity index (χ3v) is 3.17. The summed E-state index contributed by atoms with van der Waals surface area (Å²) >= 11 is 0. The van der Waals surface area contributed by atoms with Gasteiger partial charge in [0.1, 0.15) is 6.20 Å². The number of nitrogen functional groups attached to an aromatic ring is 1. The number of nitrogens with two attached hydrogens (primary N) is 1. The van der Waals surface area contributed by atoms with Gasteiger partial charge in [0, 0.05) is 6.54 Å². The fraction of sp³-hybridized carbons (Fsp3) is 0.600. The highest BCUT2D eigenvalue weighted by molar-refractivity contribution is 5.56. The van der Waals surface area contributed by atoms with Crippen molar-refractivity contribution in [3.05, 3.63) is 16.3 Å². The van der Waals surface area contributed by atoms with E-state index in [4.69, 9.17) is 5.84 Å². The van der Waals surface area contributed by atoms with Crippen LogP contribution in [0.1, 0.15) is 25.7 Å². The Morgan fingerprint density at radius 3 is 2.89 bits per heavy atom. The Hall–Kier alpha value is -1.96. The summed E-state index contributed by atoms with van der Waals surface area (Å²) in [6.07, 6.45) is 5.95. The van der Waals surface area contributed by atoms with Crippen molar-refractivity contribution in [3.63, 3.8) is 0 Å². The summed E-state index contributed by atoms with van der Waals surface area (Å²) in [5, 5.41) is 13.8. The van der Waals surface area contributed by atoms with E-state index in [9.17, 15) is 10.1 Å². The van der Waals surface area contributed by atoms with Crippen molar-refractivity contribution in [1.82, 2.24) is 9.97 Å². The molecule has 98 valence electrons. The van der Waals surface area contributed by atoms with Gasteiger partial charge in [-0.2, -0.15) is 4.98 Å². The molecule has 0 radical (unpaired) electrons. The molecule has 8 heteroatoms. The maximum atomic E-state index is 10.8. The van der Waals surface area contributed by atoms with Crippen LogP contribution in [0.4, 0.5) is 17.5 Å². The Morgan fingerprint density at radius 1 is 1.56 bits per heavy atom. The first-order chi connectivity index (χ1) is 8.70. The van der Waals surface area contributed by atoms with Gasteiger partial charge in [-0.25, -0.2) is 10.8 Å². The number of hydrogen-bond donors (Lipinski definition) is 3. The molecule has 1 aliphatic carbocycles. The van der Waals surface area contributed by atoms with Crippen LogP contribution in [0.25, 0.3) is 0 Å². The first-order valence-corrected chi connectivity index (χ1v) is 5.92. The lowest BCUT2D eigenvalue weighted by Gasteiger charge is -2.25. The fourth-order valence-electron chi connectivity index (χ4n) is 1.88. The van der Waals surface area contributed by atoms with Crippen LogP contribution in [0.5, 0.6) is 0 Å². The molecule has 1 fully saturated rings. The predicted molar refractivity (Wildman–Crippen MR) is 66.9 cm³/mol. The van der Waals surface area contributed by atoms with Gasteiger partial charge < -0.3 is 5.32 Å². The lowest BCUT2D eigenvalue weighted by Crippen LogP contribution is -2.17. The Labute approximate surface area is 104 Å². The molecule has 0 bridgehead atoms. The summed E-state index contributed by atoms with van der Waals surface area (Å²) in [5.41, 5.74) is 2.13. The normalized spacial score (nSPS) is 14.9. The first kappa shape index (κ1) is 12.5. The Balaban J connectivity index is 2.00. The van der Waals surface area contributed by atoms with Crippen LogP contribution in [0.15, 0.2) is 6.20 Å². The number of rotatable bonds is 6. The Bertz CT molecular complexity index is 434. The second-order valence-electron chi connectivity index (χ2n) is 4.34. The highest BCUT2D eigenvalue weighted by Gasteiger charge is 2.19. The van der Waals surface area contributed by atoms with E-state index in [2.05, 4.69) is 20.7 Å². The van der Waals surface area contributed by atoms with Crippen LogP contribution in [0.2, 0.25) is 0 Å². The summed E-state index contributed by atoms with van der Waals surface area (Å²) < 4.78 is 0. The largest absolute Gasteiger partial charge is 0.364 e. The zero-order valence-electron chi connectivity index (χ0n) is 9.93. The smallest absolute Gasteiger partial charge is 0.329 e. The van der Waals surface area contributed by atoms with Gasteiger partial charge in [0.2, 0.25) is 11.8 Å². The summed E-state index contributed by atoms with van der Waals surface area (Å²) in [5.74, 6) is 6.29. The summed E-state index contributed by atoms with van der Waals surface area (Å²) in [6.45, 7) is 0.673. The van der Waals surface area contributed by atoms with Gasteiger partial charge in [-0.3, -0.25) is 15.5 Å². The number of nitro groups is 1. The fourth-order valence-corrected chi connectivity index (χ4v) is 1.88. The number of hydrazine groups is 1. The molecule has 0 aliphatic heterocycles. The summed E-state index contributed by atoms with van der Waals surface area (Å²) in [6, 6.07) is 0. The van der Waals surface area contributed by atoms with Gasteiger partial charge >= 0.3 is 5.69 Å². The van der Waals surface area contributed by atoms with E-state index >= 15 is 0 Å². The van der Waals surface area contributed by atoms with E-state index in [1.165, 1.54) is 19.3 Å². The van der Waals surface area contributed by atoms with Crippen LogP contribution in [0.3, 0.4) is 0 Å². The lowest BCUT2D eigenvalue weighted by molar-refractivity contribution is -0.384. The van der Waals surface area contributed by atoms with Gasteiger partial charge in [-0.1, -0.05) is 19.3 Å². The standard InChI is InChI=1S/C10H16N6O2/c11-15-10-13-6-8(16(17)18)9(14-10)12-5-4-7-2-1-3-7/h6-7H,1-5,11H2,(H2,12,13,14,15). The van der Waals surface area contributed by atoms with Crippen molar-refractivity contribution < 1.29 is 4.92 Å². The van der Waals surface area contributed by atoms with Crippen molar-refractivity contribution in [3.8, 4) is 0 Å².